The van der Waals surface area contributed by atoms with Gasteiger partial charge in [0, 0.05) is 54.5 Å². The number of fused-ring (bicyclic) bond motifs is 10. The maximum atomic E-state index is 6.69. The van der Waals surface area contributed by atoms with E-state index in [1.807, 2.05) is 6.07 Å². The molecule has 55 heavy (non-hydrogen) atoms. The quantitative estimate of drug-likeness (QED) is 0.182. The van der Waals surface area contributed by atoms with Gasteiger partial charge in [0.15, 0.2) is 5.82 Å². The summed E-state index contributed by atoms with van der Waals surface area (Å²) in [7, 11) is 0. The predicted molar refractivity (Wildman–Crippen MR) is 230 cm³/mol. The topological polar surface area (TPSA) is 43.9 Å². The van der Waals surface area contributed by atoms with Crippen LogP contribution >= 0.6 is 11.3 Å². The number of aromatic nitrogens is 3. The normalized spacial score (nSPS) is 12.0. The number of hydrogen-bond acceptors (Lipinski definition) is 4. The first kappa shape index (κ1) is 30.4. The number of nitrogens with zero attached hydrogens (tertiary/aromatic N) is 3. The van der Waals surface area contributed by atoms with Gasteiger partial charge in [0.25, 0.3) is 0 Å². The van der Waals surface area contributed by atoms with Crippen LogP contribution < -0.4 is 0 Å². The zero-order valence-corrected chi connectivity index (χ0v) is 30.2. The molecule has 0 unspecified atom stereocenters. The van der Waals surface area contributed by atoms with Gasteiger partial charge in [0.05, 0.1) is 26.9 Å². The van der Waals surface area contributed by atoms with Crippen molar-refractivity contribution in [3.8, 4) is 39.5 Å². The van der Waals surface area contributed by atoms with Gasteiger partial charge in [-0.05, 0) is 70.4 Å². The average Bonchev–Trinajstić information content (AvgIpc) is 3.91. The molecule has 0 aliphatic rings. The van der Waals surface area contributed by atoms with E-state index in [1.54, 1.807) is 11.3 Å². The lowest BCUT2D eigenvalue weighted by Gasteiger charge is -2.08. The molecule has 0 radical (unpaired) electrons. The Morgan fingerprint density at radius 3 is 1.95 bits per heavy atom. The van der Waals surface area contributed by atoms with Gasteiger partial charge in [-0.2, -0.15) is 0 Å². The van der Waals surface area contributed by atoms with E-state index in [9.17, 15) is 0 Å². The van der Waals surface area contributed by atoms with E-state index in [0.29, 0.717) is 5.82 Å². The first-order valence-corrected chi connectivity index (χ1v) is 19.3. The standard InChI is InChI=1S/C50H29N3OS/c1-2-10-30(11-3-1)31-18-20-32(21-19-31)47-49-48(40-15-7-9-17-46(40)55-49)52-50(51-47)35-22-24-38-39-25-23-36(29-45(39)54-44(38)28-35)53-42-16-8-6-14-37(42)41-26-33-12-4-5-13-34(33)27-43(41)53/h1-29H. The highest BCUT2D eigenvalue weighted by molar-refractivity contribution is 7.26. The van der Waals surface area contributed by atoms with E-state index >= 15 is 0 Å². The van der Waals surface area contributed by atoms with E-state index in [1.165, 1.54) is 48.4 Å². The molecule has 5 heteroatoms. The van der Waals surface area contributed by atoms with Crippen LogP contribution in [0.15, 0.2) is 180 Å². The van der Waals surface area contributed by atoms with Crippen LogP contribution in [0.1, 0.15) is 0 Å². The van der Waals surface area contributed by atoms with Gasteiger partial charge in [-0.3, -0.25) is 0 Å². The van der Waals surface area contributed by atoms with E-state index in [2.05, 4.69) is 174 Å². The Balaban J connectivity index is 1.01. The molecule has 0 saturated heterocycles. The van der Waals surface area contributed by atoms with Crippen molar-refractivity contribution in [2.45, 2.75) is 0 Å². The summed E-state index contributed by atoms with van der Waals surface area (Å²) in [6.07, 6.45) is 0. The summed E-state index contributed by atoms with van der Waals surface area (Å²) in [4.78, 5) is 10.5. The third-order valence-electron chi connectivity index (χ3n) is 11.0. The second kappa shape index (κ2) is 11.7. The van der Waals surface area contributed by atoms with Crippen molar-refractivity contribution in [1.82, 2.24) is 14.5 Å². The fourth-order valence-corrected chi connectivity index (χ4v) is 9.50. The lowest BCUT2D eigenvalue weighted by molar-refractivity contribution is 0.669. The minimum absolute atomic E-state index is 0.679. The predicted octanol–water partition coefficient (Wildman–Crippen LogP) is 14.0. The molecule has 0 saturated carbocycles. The molecule has 0 aliphatic carbocycles. The zero-order chi connectivity index (χ0) is 36.0. The van der Waals surface area contributed by atoms with E-state index < -0.39 is 0 Å². The highest BCUT2D eigenvalue weighted by atomic mass is 32.1. The minimum Gasteiger partial charge on any atom is -0.456 e. The zero-order valence-electron chi connectivity index (χ0n) is 29.4. The highest BCUT2D eigenvalue weighted by Gasteiger charge is 2.19. The van der Waals surface area contributed by atoms with Crippen molar-refractivity contribution >= 4 is 86.2 Å². The van der Waals surface area contributed by atoms with Crippen molar-refractivity contribution in [1.29, 1.82) is 0 Å². The Morgan fingerprint density at radius 2 is 1.09 bits per heavy atom. The molecule has 0 amide bonds. The van der Waals surface area contributed by atoms with Crippen molar-refractivity contribution in [2.75, 3.05) is 0 Å². The smallest absolute Gasteiger partial charge is 0.160 e. The molecular formula is C50H29N3OS. The summed E-state index contributed by atoms with van der Waals surface area (Å²) in [6.45, 7) is 0. The Kier molecular flexibility index (Phi) is 6.47. The molecule has 12 rings (SSSR count). The Labute approximate surface area is 319 Å². The molecule has 4 nitrogen and oxygen atoms in total. The second-order valence-corrected chi connectivity index (χ2v) is 15.2. The van der Waals surface area contributed by atoms with Crippen LogP contribution in [0.5, 0.6) is 0 Å². The second-order valence-electron chi connectivity index (χ2n) is 14.2. The summed E-state index contributed by atoms with van der Waals surface area (Å²) >= 11 is 1.75. The molecule has 0 aliphatic heterocycles. The number of furan rings is 1. The number of para-hydroxylation sites is 1. The lowest BCUT2D eigenvalue weighted by Crippen LogP contribution is -1.93. The van der Waals surface area contributed by atoms with Crippen LogP contribution in [-0.2, 0) is 0 Å². The first-order chi connectivity index (χ1) is 27.2. The average molecular weight is 720 g/mol. The van der Waals surface area contributed by atoms with Gasteiger partial charge < -0.3 is 8.98 Å². The molecule has 256 valence electrons. The van der Waals surface area contributed by atoms with Crippen LogP contribution in [-0.4, -0.2) is 14.5 Å². The molecule has 0 N–H and O–H groups in total. The van der Waals surface area contributed by atoms with Gasteiger partial charge in [-0.15, -0.1) is 11.3 Å². The van der Waals surface area contributed by atoms with E-state index in [4.69, 9.17) is 14.4 Å². The van der Waals surface area contributed by atoms with Gasteiger partial charge >= 0.3 is 0 Å². The Hall–Kier alpha value is -7.08. The van der Waals surface area contributed by atoms with Crippen LogP contribution in [0.4, 0.5) is 0 Å². The van der Waals surface area contributed by atoms with Crippen molar-refractivity contribution in [3.63, 3.8) is 0 Å². The van der Waals surface area contributed by atoms with Crippen LogP contribution in [0.3, 0.4) is 0 Å². The molecule has 4 heterocycles. The van der Waals surface area contributed by atoms with Gasteiger partial charge in [0.2, 0.25) is 0 Å². The van der Waals surface area contributed by atoms with Crippen molar-refractivity contribution in [3.05, 3.63) is 176 Å². The third-order valence-corrected chi connectivity index (χ3v) is 12.2. The number of hydrogen-bond donors (Lipinski definition) is 0. The monoisotopic (exact) mass is 719 g/mol. The van der Waals surface area contributed by atoms with Crippen LogP contribution in [0.2, 0.25) is 0 Å². The summed E-state index contributed by atoms with van der Waals surface area (Å²) in [5.74, 6) is 0.679. The first-order valence-electron chi connectivity index (χ1n) is 18.5. The molecular weight excluding hydrogens is 691 g/mol. The van der Waals surface area contributed by atoms with Gasteiger partial charge in [0.1, 0.15) is 11.2 Å². The third kappa shape index (κ3) is 4.70. The van der Waals surface area contributed by atoms with Crippen molar-refractivity contribution < 1.29 is 4.42 Å². The summed E-state index contributed by atoms with van der Waals surface area (Å²) in [5.41, 5.74) is 11.3. The lowest BCUT2D eigenvalue weighted by atomic mass is 10.0. The molecule has 12 aromatic rings. The minimum atomic E-state index is 0.679. The Bertz CT molecular complexity index is 3480. The molecule has 0 bridgehead atoms. The molecule has 4 aromatic heterocycles. The fourth-order valence-electron chi connectivity index (χ4n) is 8.34. The van der Waals surface area contributed by atoms with E-state index in [0.717, 1.165) is 60.0 Å². The summed E-state index contributed by atoms with van der Waals surface area (Å²) < 4.78 is 11.3. The Morgan fingerprint density at radius 1 is 0.436 bits per heavy atom. The maximum Gasteiger partial charge on any atom is 0.160 e. The summed E-state index contributed by atoms with van der Waals surface area (Å²) in [5, 5.41) is 8.23. The SMILES string of the molecule is c1ccc(-c2ccc(-c3nc(-c4ccc5c(c4)oc4cc(-n6c7ccccc7c7cc8ccccc8cc76)ccc45)nc4c3sc3ccccc34)cc2)cc1. The van der Waals surface area contributed by atoms with Gasteiger partial charge in [-0.1, -0.05) is 121 Å². The fraction of sp³-hybridized carbons (Fsp3) is 0. The maximum absolute atomic E-state index is 6.69. The molecule has 8 aromatic carbocycles. The highest BCUT2D eigenvalue weighted by Crippen LogP contribution is 2.41. The summed E-state index contributed by atoms with van der Waals surface area (Å²) in [6, 6.07) is 62.5. The van der Waals surface area contributed by atoms with Crippen molar-refractivity contribution in [2.24, 2.45) is 0 Å². The molecule has 0 atom stereocenters. The molecule has 0 spiro atoms. The van der Waals surface area contributed by atoms with Crippen LogP contribution in [0.25, 0.3) is 114 Å². The number of benzene rings is 8. The van der Waals surface area contributed by atoms with Gasteiger partial charge in [-0.25, -0.2) is 9.97 Å². The van der Waals surface area contributed by atoms with E-state index in [-0.39, 0.29) is 0 Å². The van der Waals surface area contributed by atoms with Crippen LogP contribution in [0, 0.1) is 0 Å². The largest absolute Gasteiger partial charge is 0.456 e. The molecule has 0 fully saturated rings. The number of thiophene rings is 1. The number of rotatable bonds is 4.